The molecule has 8 atom stereocenters. The number of rotatable bonds is 1. The molecular weight excluding hydrogens is 276 g/mol. The molecule has 5 aliphatic rings. The summed E-state index contributed by atoms with van der Waals surface area (Å²) in [6.45, 7) is 7.55. The van der Waals surface area contributed by atoms with Crippen molar-refractivity contribution in [2.75, 3.05) is 0 Å². The third-order valence-electron chi connectivity index (χ3n) is 6.60. The van der Waals surface area contributed by atoms with Gasteiger partial charge in [0.1, 0.15) is 12.2 Å². The van der Waals surface area contributed by atoms with Crippen molar-refractivity contribution in [1.82, 2.24) is 0 Å². The highest BCUT2D eigenvalue weighted by Gasteiger charge is 2.95. The Kier molecular flexibility index (Phi) is 1.68. The zero-order chi connectivity index (χ0) is 14.9. The summed E-state index contributed by atoms with van der Waals surface area (Å²) < 4.78 is 16.6. The van der Waals surface area contributed by atoms with Gasteiger partial charge in [0, 0.05) is 12.3 Å². The highest BCUT2D eigenvalue weighted by atomic mass is 16.7. The monoisotopic (exact) mass is 292 g/mol. The van der Waals surface area contributed by atoms with E-state index in [-0.39, 0.29) is 18.4 Å². The van der Waals surface area contributed by atoms with Crippen LogP contribution in [0.3, 0.4) is 0 Å². The van der Waals surface area contributed by atoms with E-state index < -0.39 is 46.7 Å². The van der Waals surface area contributed by atoms with Crippen molar-refractivity contribution in [3.8, 4) is 0 Å². The second-order valence-corrected chi connectivity index (χ2v) is 7.25. The highest BCUT2D eigenvalue weighted by Crippen LogP contribution is 2.76. The predicted octanol–water partition coefficient (Wildman–Crippen LogP) is -0.0620. The summed E-state index contributed by atoms with van der Waals surface area (Å²) in [6.07, 6.45) is -1.34. The molecule has 0 unspecified atom stereocenters. The summed E-state index contributed by atoms with van der Waals surface area (Å²) in [7, 11) is 0. The molecule has 5 rings (SSSR count). The summed E-state index contributed by atoms with van der Waals surface area (Å²) in [5.74, 6) is -1.86. The normalized spacial score (nSPS) is 62.0. The van der Waals surface area contributed by atoms with Gasteiger partial charge >= 0.3 is 11.9 Å². The Morgan fingerprint density at radius 1 is 1.38 bits per heavy atom. The Balaban J connectivity index is 1.78. The van der Waals surface area contributed by atoms with Gasteiger partial charge in [0.25, 0.3) is 0 Å². The molecule has 0 amide bonds. The molecule has 6 heteroatoms. The number of hydrogen-bond donors (Lipinski definition) is 1. The third-order valence-corrected chi connectivity index (χ3v) is 6.60. The van der Waals surface area contributed by atoms with E-state index in [9.17, 15) is 14.7 Å². The van der Waals surface area contributed by atoms with Gasteiger partial charge in [0.2, 0.25) is 5.60 Å². The van der Waals surface area contributed by atoms with Gasteiger partial charge in [-0.15, -0.1) is 0 Å². The van der Waals surface area contributed by atoms with Crippen molar-refractivity contribution in [3.05, 3.63) is 12.2 Å². The van der Waals surface area contributed by atoms with E-state index in [4.69, 9.17) is 14.2 Å². The Bertz CT molecular complexity index is 642. The van der Waals surface area contributed by atoms with Crippen LogP contribution in [0.15, 0.2) is 12.2 Å². The van der Waals surface area contributed by atoms with Gasteiger partial charge in [-0.25, -0.2) is 4.79 Å². The van der Waals surface area contributed by atoms with E-state index in [2.05, 4.69) is 6.58 Å². The van der Waals surface area contributed by atoms with Crippen LogP contribution in [-0.4, -0.2) is 46.6 Å². The molecule has 3 saturated heterocycles. The van der Waals surface area contributed by atoms with E-state index in [1.54, 1.807) is 6.92 Å². The molecule has 0 aromatic carbocycles. The van der Waals surface area contributed by atoms with Crippen LogP contribution in [0.4, 0.5) is 0 Å². The van der Waals surface area contributed by atoms with Crippen molar-refractivity contribution < 1.29 is 28.9 Å². The first-order valence-electron chi connectivity index (χ1n) is 7.26. The average Bonchev–Trinajstić information content (AvgIpc) is 2.86. The van der Waals surface area contributed by atoms with Crippen LogP contribution in [0.5, 0.6) is 0 Å². The van der Waals surface area contributed by atoms with Crippen LogP contribution in [0.25, 0.3) is 0 Å². The zero-order valence-electron chi connectivity index (χ0n) is 11.8. The van der Waals surface area contributed by atoms with E-state index in [0.717, 1.165) is 5.57 Å². The summed E-state index contributed by atoms with van der Waals surface area (Å²) in [6, 6.07) is 0. The second kappa shape index (κ2) is 2.90. The first kappa shape index (κ1) is 12.2. The van der Waals surface area contributed by atoms with Crippen LogP contribution in [0.1, 0.15) is 20.3 Å². The molecule has 2 bridgehead atoms. The van der Waals surface area contributed by atoms with Gasteiger partial charge in [0.05, 0.1) is 16.9 Å². The first-order chi connectivity index (χ1) is 9.79. The Labute approximate surface area is 121 Å². The molecule has 0 aromatic heterocycles. The van der Waals surface area contributed by atoms with Crippen LogP contribution in [-0.2, 0) is 23.8 Å². The fourth-order valence-corrected chi connectivity index (χ4v) is 5.59. The number of epoxide rings is 1. The van der Waals surface area contributed by atoms with Gasteiger partial charge in [0.15, 0.2) is 6.10 Å². The van der Waals surface area contributed by atoms with Gasteiger partial charge in [-0.2, -0.15) is 0 Å². The quantitative estimate of drug-likeness (QED) is 0.414. The summed E-state index contributed by atoms with van der Waals surface area (Å²) >= 11 is 0. The van der Waals surface area contributed by atoms with Gasteiger partial charge < -0.3 is 19.3 Å². The number of ether oxygens (including phenoxy) is 3. The van der Waals surface area contributed by atoms with Crippen molar-refractivity contribution in [3.63, 3.8) is 0 Å². The largest absolute Gasteiger partial charge is 0.457 e. The lowest BCUT2D eigenvalue weighted by atomic mass is 9.53. The van der Waals surface area contributed by atoms with Crippen LogP contribution in [0, 0.1) is 17.3 Å². The summed E-state index contributed by atoms with van der Waals surface area (Å²) in [5.41, 5.74) is -2.60. The Hall–Kier alpha value is -1.40. The van der Waals surface area contributed by atoms with Gasteiger partial charge in [-0.05, 0) is 13.8 Å². The smallest absolute Gasteiger partial charge is 0.342 e. The van der Waals surface area contributed by atoms with E-state index >= 15 is 0 Å². The molecular formula is C15H16O6. The average molecular weight is 292 g/mol. The van der Waals surface area contributed by atoms with Crippen molar-refractivity contribution in [1.29, 1.82) is 0 Å². The summed E-state index contributed by atoms with van der Waals surface area (Å²) in [4.78, 5) is 24.7. The molecule has 5 fully saturated rings. The molecule has 112 valence electrons. The minimum absolute atomic E-state index is 0.269. The second-order valence-electron chi connectivity index (χ2n) is 7.25. The molecule has 2 saturated carbocycles. The number of hydrogen-bond acceptors (Lipinski definition) is 6. The lowest BCUT2D eigenvalue weighted by Gasteiger charge is -2.51. The predicted molar refractivity (Wildman–Crippen MR) is 66.8 cm³/mol. The van der Waals surface area contributed by atoms with E-state index in [1.807, 2.05) is 6.92 Å². The number of fused-ring (bicyclic) bond motifs is 4. The maximum absolute atomic E-state index is 12.3. The maximum Gasteiger partial charge on any atom is 0.342 e. The van der Waals surface area contributed by atoms with Crippen LogP contribution >= 0.6 is 0 Å². The van der Waals surface area contributed by atoms with E-state index in [1.165, 1.54) is 0 Å². The zero-order valence-corrected chi connectivity index (χ0v) is 11.8. The minimum Gasteiger partial charge on any atom is -0.457 e. The van der Waals surface area contributed by atoms with Gasteiger partial charge in [-0.1, -0.05) is 12.2 Å². The molecule has 21 heavy (non-hydrogen) atoms. The summed E-state index contributed by atoms with van der Waals surface area (Å²) in [5, 5.41) is 11.4. The molecule has 1 N–H and O–H groups in total. The van der Waals surface area contributed by atoms with Crippen molar-refractivity contribution in [2.24, 2.45) is 17.3 Å². The number of aliphatic hydroxyl groups is 1. The van der Waals surface area contributed by atoms with Crippen LogP contribution in [0.2, 0.25) is 0 Å². The molecule has 2 aliphatic carbocycles. The molecule has 6 nitrogen and oxygen atoms in total. The first-order valence-corrected chi connectivity index (χ1v) is 7.26. The SMILES string of the molecule is C=C(C)[C@H]1[C@H]2OC(=O)[C@H]1[C@@]1(O)C[C@H]3O[C@@]34C(=O)O[C@H]2[C@]14C. The topological polar surface area (TPSA) is 85.4 Å². The lowest BCUT2D eigenvalue weighted by Crippen LogP contribution is -2.66. The molecule has 1 spiro atoms. The van der Waals surface area contributed by atoms with Gasteiger partial charge in [-0.3, -0.25) is 4.79 Å². The molecule has 0 radical (unpaired) electrons. The number of carbonyl (C=O) groups excluding carboxylic acids is 2. The van der Waals surface area contributed by atoms with Crippen molar-refractivity contribution >= 4 is 11.9 Å². The minimum atomic E-state index is -1.35. The van der Waals surface area contributed by atoms with Crippen LogP contribution < -0.4 is 0 Å². The molecule has 0 aromatic rings. The standard InChI is InChI=1S/C15H16O6/c1-5(2)7-8-11(16)19-9(7)10-13(3)14(8,18)4-6-15(13,21-6)12(17)20-10/h6-10,18H,1,4H2,2-3H3/t6-,7-,8+,9-,10-,13-,14+,15-/m1/s1. The highest BCUT2D eigenvalue weighted by molar-refractivity contribution is 5.91. The molecule has 3 heterocycles. The Morgan fingerprint density at radius 2 is 2.10 bits per heavy atom. The van der Waals surface area contributed by atoms with Crippen molar-refractivity contribution in [2.45, 2.75) is 49.8 Å². The number of esters is 2. The maximum atomic E-state index is 12.3. The fraction of sp³-hybridized carbons (Fsp3) is 0.733. The fourth-order valence-electron chi connectivity index (χ4n) is 5.59. The lowest BCUT2D eigenvalue weighted by molar-refractivity contribution is -0.195. The Morgan fingerprint density at radius 3 is 2.76 bits per heavy atom. The molecule has 3 aliphatic heterocycles. The third kappa shape index (κ3) is 0.874. The number of carbonyl (C=O) groups is 2. The van der Waals surface area contributed by atoms with E-state index in [0.29, 0.717) is 0 Å².